The molecule has 0 spiro atoms. The molecule has 13 heavy (non-hydrogen) atoms. The highest BCUT2D eigenvalue weighted by atomic mass is 15.0. The van der Waals surface area contributed by atoms with Crippen molar-refractivity contribution in [3.8, 4) is 0 Å². The summed E-state index contributed by atoms with van der Waals surface area (Å²) in [7, 11) is 2.11. The predicted molar refractivity (Wildman–Crippen MR) is 54.6 cm³/mol. The van der Waals surface area contributed by atoms with Gasteiger partial charge in [-0.3, -0.25) is 0 Å². The van der Waals surface area contributed by atoms with Gasteiger partial charge in [-0.05, 0) is 24.0 Å². The quantitative estimate of drug-likeness (QED) is 0.696. The smallest absolute Gasteiger partial charge is 0.0480 e. The number of aryl methyl sites for hydroxylation is 1. The van der Waals surface area contributed by atoms with Crippen LogP contribution in [0.3, 0.4) is 0 Å². The van der Waals surface area contributed by atoms with Gasteiger partial charge in [0.1, 0.15) is 0 Å². The summed E-state index contributed by atoms with van der Waals surface area (Å²) in [5.74, 6) is 0. The van der Waals surface area contributed by atoms with E-state index in [4.69, 9.17) is 0 Å². The molecule has 1 N–H and O–H groups in total. The van der Waals surface area contributed by atoms with E-state index in [1.807, 2.05) is 0 Å². The summed E-state index contributed by atoms with van der Waals surface area (Å²) in [6.45, 7) is 5.77. The fraction of sp³-hybridized carbons (Fsp3) is 0.636. The van der Waals surface area contributed by atoms with Gasteiger partial charge in [-0.2, -0.15) is 0 Å². The van der Waals surface area contributed by atoms with Gasteiger partial charge in [-0.25, -0.2) is 0 Å². The van der Waals surface area contributed by atoms with E-state index in [-0.39, 0.29) is 0 Å². The van der Waals surface area contributed by atoms with E-state index in [1.54, 1.807) is 0 Å². The first kappa shape index (κ1) is 8.82. The lowest BCUT2D eigenvalue weighted by molar-refractivity contribution is 0.401. The molecule has 0 bridgehead atoms. The van der Waals surface area contributed by atoms with Crippen LogP contribution < -0.4 is 5.32 Å². The van der Waals surface area contributed by atoms with Crippen molar-refractivity contribution in [2.24, 2.45) is 12.5 Å². The molecule has 0 aromatic carbocycles. The second-order valence-corrected chi connectivity index (χ2v) is 4.85. The Hall–Kier alpha value is -0.760. The van der Waals surface area contributed by atoms with E-state index < -0.39 is 0 Å². The molecule has 2 heterocycles. The standard InChI is InChI=1S/C11H18N2/c1-11(2)7-9(12-8-11)10-5-4-6-13(10)3/h4-6,9,12H,7-8H2,1-3H3. The molecule has 0 aliphatic carbocycles. The van der Waals surface area contributed by atoms with Gasteiger partial charge >= 0.3 is 0 Å². The first-order valence-electron chi connectivity index (χ1n) is 4.93. The second-order valence-electron chi connectivity index (χ2n) is 4.85. The molecule has 0 amide bonds. The Morgan fingerprint density at radius 1 is 1.54 bits per heavy atom. The van der Waals surface area contributed by atoms with Crippen molar-refractivity contribution in [3.05, 3.63) is 24.0 Å². The minimum absolute atomic E-state index is 0.453. The molecule has 1 aliphatic heterocycles. The highest BCUT2D eigenvalue weighted by Crippen LogP contribution is 2.35. The van der Waals surface area contributed by atoms with Crippen molar-refractivity contribution in [2.45, 2.75) is 26.3 Å². The van der Waals surface area contributed by atoms with Gasteiger partial charge in [-0.15, -0.1) is 0 Å². The second kappa shape index (κ2) is 2.88. The number of aromatic nitrogens is 1. The Morgan fingerprint density at radius 3 is 2.77 bits per heavy atom. The van der Waals surface area contributed by atoms with E-state index in [2.05, 4.69) is 49.1 Å². The van der Waals surface area contributed by atoms with Crippen LogP contribution in [-0.4, -0.2) is 11.1 Å². The summed E-state index contributed by atoms with van der Waals surface area (Å²) >= 11 is 0. The zero-order valence-corrected chi connectivity index (χ0v) is 8.67. The fourth-order valence-corrected chi connectivity index (χ4v) is 2.14. The molecule has 0 radical (unpaired) electrons. The largest absolute Gasteiger partial charge is 0.353 e. The summed E-state index contributed by atoms with van der Waals surface area (Å²) in [6, 6.07) is 4.87. The number of rotatable bonds is 1. The Balaban J connectivity index is 2.17. The van der Waals surface area contributed by atoms with Crippen molar-refractivity contribution in [1.29, 1.82) is 0 Å². The highest BCUT2D eigenvalue weighted by molar-refractivity contribution is 5.14. The monoisotopic (exact) mass is 178 g/mol. The van der Waals surface area contributed by atoms with Crippen LogP contribution in [-0.2, 0) is 7.05 Å². The lowest BCUT2D eigenvalue weighted by atomic mass is 9.90. The van der Waals surface area contributed by atoms with Gasteiger partial charge in [0.2, 0.25) is 0 Å². The van der Waals surface area contributed by atoms with E-state index >= 15 is 0 Å². The Bertz CT molecular complexity index is 299. The van der Waals surface area contributed by atoms with Gasteiger partial charge in [0.15, 0.2) is 0 Å². The maximum Gasteiger partial charge on any atom is 0.0480 e. The average molecular weight is 178 g/mol. The topological polar surface area (TPSA) is 17.0 Å². The summed E-state index contributed by atoms with van der Waals surface area (Å²) in [6.07, 6.45) is 3.35. The van der Waals surface area contributed by atoms with Gasteiger partial charge < -0.3 is 9.88 Å². The third kappa shape index (κ3) is 1.63. The molecule has 1 aromatic rings. The molecule has 1 saturated heterocycles. The zero-order chi connectivity index (χ0) is 9.47. The van der Waals surface area contributed by atoms with Crippen LogP contribution in [0.2, 0.25) is 0 Å². The van der Waals surface area contributed by atoms with E-state index in [0.717, 1.165) is 6.54 Å². The molecule has 1 atom stereocenters. The summed E-state index contributed by atoms with van der Waals surface area (Å²) in [5.41, 5.74) is 1.86. The third-order valence-electron chi connectivity index (χ3n) is 2.92. The Labute approximate surface area is 79.9 Å². The first-order chi connectivity index (χ1) is 6.08. The van der Waals surface area contributed by atoms with Crippen LogP contribution in [0.25, 0.3) is 0 Å². The molecule has 1 fully saturated rings. The van der Waals surface area contributed by atoms with E-state index in [1.165, 1.54) is 12.1 Å². The summed E-state index contributed by atoms with van der Waals surface area (Å²) < 4.78 is 2.21. The SMILES string of the molecule is Cn1cccc1C1CC(C)(C)CN1. The van der Waals surface area contributed by atoms with E-state index in [9.17, 15) is 0 Å². The van der Waals surface area contributed by atoms with Gasteiger partial charge in [0, 0.05) is 31.5 Å². The van der Waals surface area contributed by atoms with Crippen molar-refractivity contribution < 1.29 is 0 Å². The van der Waals surface area contributed by atoms with Gasteiger partial charge in [0.25, 0.3) is 0 Å². The molecule has 2 rings (SSSR count). The Morgan fingerprint density at radius 2 is 2.31 bits per heavy atom. The molecular weight excluding hydrogens is 160 g/mol. The van der Waals surface area contributed by atoms with Crippen molar-refractivity contribution in [3.63, 3.8) is 0 Å². The number of hydrogen-bond donors (Lipinski definition) is 1. The molecule has 0 saturated carbocycles. The lowest BCUT2D eigenvalue weighted by Gasteiger charge is -2.15. The van der Waals surface area contributed by atoms with Gasteiger partial charge in [0.05, 0.1) is 0 Å². The van der Waals surface area contributed by atoms with Crippen LogP contribution in [0.1, 0.15) is 32.0 Å². The molecule has 1 aromatic heterocycles. The maximum atomic E-state index is 3.57. The van der Waals surface area contributed by atoms with Crippen LogP contribution >= 0.6 is 0 Å². The van der Waals surface area contributed by atoms with Crippen LogP contribution in [0.15, 0.2) is 18.3 Å². The van der Waals surface area contributed by atoms with Crippen molar-refractivity contribution in [1.82, 2.24) is 9.88 Å². The molecule has 1 unspecified atom stereocenters. The number of hydrogen-bond acceptors (Lipinski definition) is 1. The maximum absolute atomic E-state index is 3.57. The zero-order valence-electron chi connectivity index (χ0n) is 8.67. The van der Waals surface area contributed by atoms with Crippen LogP contribution in [0, 0.1) is 5.41 Å². The molecule has 1 aliphatic rings. The lowest BCUT2D eigenvalue weighted by Crippen LogP contribution is -2.17. The average Bonchev–Trinajstić information content (AvgIpc) is 2.56. The van der Waals surface area contributed by atoms with Crippen molar-refractivity contribution >= 4 is 0 Å². The summed E-state index contributed by atoms with van der Waals surface area (Å²) in [5, 5.41) is 3.57. The van der Waals surface area contributed by atoms with E-state index in [0.29, 0.717) is 11.5 Å². The highest BCUT2D eigenvalue weighted by Gasteiger charge is 2.32. The predicted octanol–water partition coefficient (Wildman–Crippen LogP) is 2.09. The molecular formula is C11H18N2. The fourth-order valence-electron chi connectivity index (χ4n) is 2.14. The van der Waals surface area contributed by atoms with Crippen LogP contribution in [0.5, 0.6) is 0 Å². The minimum Gasteiger partial charge on any atom is -0.353 e. The Kier molecular flexibility index (Phi) is 1.95. The normalized spacial score (nSPS) is 26.5. The number of nitrogens with one attached hydrogen (secondary N) is 1. The van der Waals surface area contributed by atoms with Gasteiger partial charge in [-0.1, -0.05) is 13.8 Å². The molecule has 72 valence electrons. The first-order valence-corrected chi connectivity index (χ1v) is 4.93. The minimum atomic E-state index is 0.453. The molecule has 2 heteroatoms. The van der Waals surface area contributed by atoms with Crippen molar-refractivity contribution in [2.75, 3.05) is 6.54 Å². The summed E-state index contributed by atoms with van der Waals surface area (Å²) in [4.78, 5) is 0. The third-order valence-corrected chi connectivity index (χ3v) is 2.92. The van der Waals surface area contributed by atoms with Crippen LogP contribution in [0.4, 0.5) is 0 Å². The molecule has 2 nitrogen and oxygen atoms in total. The number of nitrogens with zero attached hydrogens (tertiary/aromatic N) is 1.